The lowest BCUT2D eigenvalue weighted by molar-refractivity contribution is 0.0786. The minimum Gasteiger partial charge on any atom is -0.386 e. The molecule has 1 unspecified atom stereocenters. The highest BCUT2D eigenvalue weighted by Crippen LogP contribution is 2.35. The molecule has 5 nitrogen and oxygen atoms in total. The highest BCUT2D eigenvalue weighted by atomic mass is 35.5. The molecule has 0 bridgehead atoms. The van der Waals surface area contributed by atoms with E-state index in [1.807, 2.05) is 48.1 Å². The van der Waals surface area contributed by atoms with Crippen molar-refractivity contribution in [1.82, 2.24) is 14.8 Å². The molecule has 0 saturated carbocycles. The van der Waals surface area contributed by atoms with Crippen molar-refractivity contribution < 1.29 is 5.11 Å². The fraction of sp³-hybridized carbons (Fsp3) is 0.250. The summed E-state index contributed by atoms with van der Waals surface area (Å²) in [5.41, 5.74) is 4.93. The third-order valence-corrected chi connectivity index (χ3v) is 5.70. The molecule has 0 aliphatic carbocycles. The van der Waals surface area contributed by atoms with Gasteiger partial charge in [0.05, 0.1) is 33.6 Å². The number of hydrogen-bond donors (Lipinski definition) is 2. The normalized spacial score (nSPS) is 12.9. The fourth-order valence-electron chi connectivity index (χ4n) is 3.66. The van der Waals surface area contributed by atoms with Crippen LogP contribution in [0.2, 0.25) is 5.02 Å². The molecule has 2 heterocycles. The predicted molar refractivity (Wildman–Crippen MR) is 123 cm³/mol. The minimum atomic E-state index is -0.863. The Hall–Kier alpha value is -2.89. The molecule has 6 heteroatoms. The van der Waals surface area contributed by atoms with E-state index in [0.717, 1.165) is 39.0 Å². The molecular formula is C24H25ClN4O. The van der Waals surface area contributed by atoms with Gasteiger partial charge in [0, 0.05) is 24.8 Å². The van der Waals surface area contributed by atoms with Crippen LogP contribution in [0.4, 0.5) is 5.69 Å². The van der Waals surface area contributed by atoms with E-state index in [-0.39, 0.29) is 6.04 Å². The van der Waals surface area contributed by atoms with Crippen LogP contribution >= 0.6 is 11.6 Å². The molecule has 4 rings (SSSR count). The molecule has 2 aromatic carbocycles. The topological polar surface area (TPSA) is 63.0 Å². The van der Waals surface area contributed by atoms with Crippen molar-refractivity contribution in [3.63, 3.8) is 0 Å². The summed E-state index contributed by atoms with van der Waals surface area (Å²) in [7, 11) is 1.93. The van der Waals surface area contributed by atoms with E-state index >= 15 is 0 Å². The number of nitrogens with one attached hydrogen (secondary N) is 1. The maximum atomic E-state index is 10.2. The summed E-state index contributed by atoms with van der Waals surface area (Å²) in [5, 5.41) is 19.5. The third kappa shape index (κ3) is 3.91. The van der Waals surface area contributed by atoms with Crippen LogP contribution in [0.15, 0.2) is 60.9 Å². The quantitative estimate of drug-likeness (QED) is 0.435. The van der Waals surface area contributed by atoms with Gasteiger partial charge in [0.1, 0.15) is 0 Å². The molecule has 4 aromatic rings. The first-order valence-electron chi connectivity index (χ1n) is 9.90. The van der Waals surface area contributed by atoms with Crippen LogP contribution in [0.3, 0.4) is 0 Å². The summed E-state index contributed by atoms with van der Waals surface area (Å²) in [6.45, 7) is 5.65. The number of fused-ring (bicyclic) bond motifs is 1. The second-order valence-electron chi connectivity index (χ2n) is 8.10. The average Bonchev–Trinajstić information content (AvgIpc) is 3.15. The molecule has 0 fully saturated rings. The predicted octanol–water partition coefficient (Wildman–Crippen LogP) is 5.69. The van der Waals surface area contributed by atoms with Crippen LogP contribution in [-0.4, -0.2) is 19.9 Å². The second kappa shape index (κ2) is 7.74. The van der Waals surface area contributed by atoms with E-state index in [1.165, 1.54) is 0 Å². The van der Waals surface area contributed by atoms with Crippen LogP contribution in [-0.2, 0) is 12.6 Å². The van der Waals surface area contributed by atoms with E-state index in [4.69, 9.17) is 11.6 Å². The van der Waals surface area contributed by atoms with Gasteiger partial charge < -0.3 is 10.4 Å². The van der Waals surface area contributed by atoms with Gasteiger partial charge >= 0.3 is 0 Å². The number of rotatable bonds is 5. The molecule has 2 aromatic heterocycles. The van der Waals surface area contributed by atoms with Crippen LogP contribution < -0.4 is 5.32 Å². The first-order chi connectivity index (χ1) is 14.2. The van der Waals surface area contributed by atoms with Gasteiger partial charge in [0.2, 0.25) is 0 Å². The zero-order valence-corrected chi connectivity index (χ0v) is 18.3. The zero-order valence-electron chi connectivity index (χ0n) is 17.5. The summed E-state index contributed by atoms with van der Waals surface area (Å²) < 4.78 is 1.85. The summed E-state index contributed by atoms with van der Waals surface area (Å²) in [5.74, 6) is 0. The zero-order chi connectivity index (χ0) is 21.5. The van der Waals surface area contributed by atoms with Gasteiger partial charge in [-0.05, 0) is 55.7 Å². The van der Waals surface area contributed by atoms with Crippen molar-refractivity contribution in [1.29, 1.82) is 0 Å². The lowest BCUT2D eigenvalue weighted by atomic mass is 9.95. The SMILES string of the molecule is CC(Nc1c(Cl)cnc2ccc(-c3ccc(C(C)(C)O)cc3)cc12)c1ccnn1C. The Balaban J connectivity index is 1.75. The number of hydrogen-bond acceptors (Lipinski definition) is 4. The summed E-state index contributed by atoms with van der Waals surface area (Å²) in [6.07, 6.45) is 3.47. The molecule has 2 N–H and O–H groups in total. The van der Waals surface area contributed by atoms with Gasteiger partial charge in [-0.15, -0.1) is 0 Å². The molecular weight excluding hydrogens is 396 g/mol. The molecule has 0 aliphatic rings. The maximum Gasteiger partial charge on any atom is 0.0840 e. The molecule has 0 amide bonds. The number of benzene rings is 2. The second-order valence-corrected chi connectivity index (χ2v) is 8.50. The Morgan fingerprint density at radius 1 is 1.07 bits per heavy atom. The van der Waals surface area contributed by atoms with Crippen LogP contribution in [0, 0.1) is 0 Å². The highest BCUT2D eigenvalue weighted by Gasteiger charge is 2.17. The first-order valence-corrected chi connectivity index (χ1v) is 10.3. The summed E-state index contributed by atoms with van der Waals surface area (Å²) in [6, 6.07) is 16.1. The number of pyridine rings is 1. The molecule has 1 atom stereocenters. The Labute approximate surface area is 181 Å². The molecule has 0 saturated heterocycles. The number of aryl methyl sites for hydroxylation is 1. The number of aliphatic hydroxyl groups is 1. The maximum absolute atomic E-state index is 10.2. The van der Waals surface area contributed by atoms with Gasteiger partial charge in [-0.25, -0.2) is 0 Å². The summed E-state index contributed by atoms with van der Waals surface area (Å²) in [4.78, 5) is 4.49. The van der Waals surface area contributed by atoms with Gasteiger partial charge in [-0.1, -0.05) is 41.9 Å². The molecule has 154 valence electrons. The van der Waals surface area contributed by atoms with Gasteiger partial charge in [0.25, 0.3) is 0 Å². The largest absolute Gasteiger partial charge is 0.386 e. The highest BCUT2D eigenvalue weighted by molar-refractivity contribution is 6.34. The van der Waals surface area contributed by atoms with Crippen molar-refractivity contribution in [3.05, 3.63) is 77.2 Å². The first kappa shape index (κ1) is 20.4. The van der Waals surface area contributed by atoms with E-state index in [9.17, 15) is 5.11 Å². The molecule has 0 spiro atoms. The van der Waals surface area contributed by atoms with E-state index in [2.05, 4.69) is 34.5 Å². The molecule has 0 radical (unpaired) electrons. The van der Waals surface area contributed by atoms with Crippen molar-refractivity contribution in [2.75, 3.05) is 5.32 Å². The average molecular weight is 421 g/mol. The Kier molecular flexibility index (Phi) is 5.26. The van der Waals surface area contributed by atoms with Gasteiger partial charge in [0.15, 0.2) is 0 Å². The standard InChI is InChI=1S/C24H25ClN4O/c1-15(22-11-12-27-29(22)4)28-23-19-13-17(7-10-21(19)26-14-20(23)25)16-5-8-18(9-6-16)24(2,3)30/h5-15,30H,1-4H3,(H,26,28). The van der Waals surface area contributed by atoms with Crippen LogP contribution in [0.5, 0.6) is 0 Å². The smallest absolute Gasteiger partial charge is 0.0840 e. The van der Waals surface area contributed by atoms with E-state index < -0.39 is 5.60 Å². The molecule has 0 aliphatic heterocycles. The fourth-order valence-corrected chi connectivity index (χ4v) is 3.87. The van der Waals surface area contributed by atoms with Crippen molar-refractivity contribution in [2.45, 2.75) is 32.4 Å². The number of anilines is 1. The molecule has 30 heavy (non-hydrogen) atoms. The Bertz CT molecular complexity index is 1190. The monoisotopic (exact) mass is 420 g/mol. The van der Waals surface area contributed by atoms with Crippen molar-refractivity contribution in [3.8, 4) is 11.1 Å². The van der Waals surface area contributed by atoms with Crippen molar-refractivity contribution >= 4 is 28.2 Å². The Morgan fingerprint density at radius 2 is 1.77 bits per heavy atom. The number of halogens is 1. The van der Waals surface area contributed by atoms with E-state index in [0.29, 0.717) is 5.02 Å². The number of aromatic nitrogens is 3. The van der Waals surface area contributed by atoms with Gasteiger partial charge in [-0.2, -0.15) is 5.10 Å². The lowest BCUT2D eigenvalue weighted by Crippen LogP contribution is -2.14. The van der Waals surface area contributed by atoms with Crippen molar-refractivity contribution in [2.24, 2.45) is 7.05 Å². The Morgan fingerprint density at radius 3 is 2.40 bits per heavy atom. The summed E-state index contributed by atoms with van der Waals surface area (Å²) >= 11 is 6.54. The van der Waals surface area contributed by atoms with Crippen LogP contribution in [0.25, 0.3) is 22.0 Å². The van der Waals surface area contributed by atoms with E-state index in [1.54, 1.807) is 26.2 Å². The van der Waals surface area contributed by atoms with Crippen LogP contribution in [0.1, 0.15) is 38.1 Å². The minimum absolute atomic E-state index is 0.0234. The lowest BCUT2D eigenvalue weighted by Gasteiger charge is -2.19. The number of nitrogens with zero attached hydrogens (tertiary/aromatic N) is 3. The van der Waals surface area contributed by atoms with Gasteiger partial charge in [-0.3, -0.25) is 9.67 Å². The third-order valence-electron chi connectivity index (χ3n) is 5.41.